The van der Waals surface area contributed by atoms with Crippen LogP contribution >= 0.6 is 0 Å². The van der Waals surface area contributed by atoms with Gasteiger partial charge >= 0.3 is 5.76 Å². The molecular formula is C16H17FN2O4. The monoisotopic (exact) mass is 320 g/mol. The van der Waals surface area contributed by atoms with Gasteiger partial charge in [0.25, 0.3) is 0 Å². The van der Waals surface area contributed by atoms with Crippen molar-refractivity contribution in [3.8, 4) is 0 Å². The lowest BCUT2D eigenvalue weighted by molar-refractivity contribution is -0.135. The van der Waals surface area contributed by atoms with Crippen molar-refractivity contribution in [1.29, 1.82) is 0 Å². The van der Waals surface area contributed by atoms with Crippen LogP contribution in [0.25, 0.3) is 11.1 Å². The fraction of sp³-hybridized carbons (Fsp3) is 0.438. The summed E-state index contributed by atoms with van der Waals surface area (Å²) in [6.45, 7) is 5.56. The zero-order valence-corrected chi connectivity index (χ0v) is 13.1. The number of halogens is 1. The second-order valence-corrected chi connectivity index (χ2v) is 6.73. The summed E-state index contributed by atoms with van der Waals surface area (Å²) in [6, 6.07) is 2.30. The first kappa shape index (κ1) is 15.5. The number of nitrogens with zero attached hydrogens (tertiary/aromatic N) is 1. The van der Waals surface area contributed by atoms with Crippen LogP contribution in [-0.4, -0.2) is 16.4 Å². The summed E-state index contributed by atoms with van der Waals surface area (Å²) in [5, 5.41) is 2.19. The van der Waals surface area contributed by atoms with E-state index in [0.717, 1.165) is 4.57 Å². The van der Waals surface area contributed by atoms with Gasteiger partial charge in [-0.1, -0.05) is 26.8 Å². The fourth-order valence-electron chi connectivity index (χ4n) is 2.87. The first-order valence-electron chi connectivity index (χ1n) is 7.38. The number of carbonyl (C=O) groups excluding carboxylic acids is 2. The maximum Gasteiger partial charge on any atom is 0.420 e. The van der Waals surface area contributed by atoms with E-state index < -0.39 is 28.9 Å². The zero-order chi connectivity index (χ0) is 16.9. The third-order valence-electron chi connectivity index (χ3n) is 4.05. The Labute approximate surface area is 131 Å². The van der Waals surface area contributed by atoms with Gasteiger partial charge in [0, 0.05) is 6.42 Å². The summed E-state index contributed by atoms with van der Waals surface area (Å²) in [5.41, 5.74) is 0.0319. The molecule has 1 N–H and O–H groups in total. The average Bonchev–Trinajstić information content (AvgIpc) is 2.75. The van der Waals surface area contributed by atoms with E-state index in [-0.39, 0.29) is 29.8 Å². The highest BCUT2D eigenvalue weighted by molar-refractivity contribution is 6.00. The van der Waals surface area contributed by atoms with E-state index in [2.05, 4.69) is 5.32 Å². The molecular weight excluding hydrogens is 303 g/mol. The Kier molecular flexibility index (Phi) is 3.39. The van der Waals surface area contributed by atoms with E-state index in [1.54, 1.807) is 12.1 Å². The van der Waals surface area contributed by atoms with Crippen molar-refractivity contribution in [2.45, 2.75) is 45.1 Å². The van der Waals surface area contributed by atoms with Crippen molar-refractivity contribution in [2.75, 3.05) is 0 Å². The van der Waals surface area contributed by atoms with Crippen molar-refractivity contribution >= 4 is 22.9 Å². The van der Waals surface area contributed by atoms with Crippen LogP contribution in [0.5, 0.6) is 0 Å². The normalized spacial score (nSPS) is 19.2. The Hall–Kier alpha value is -2.44. The predicted octanol–water partition coefficient (Wildman–Crippen LogP) is 2.01. The summed E-state index contributed by atoms with van der Waals surface area (Å²) in [4.78, 5) is 35.4. The molecule has 7 heteroatoms. The Bertz CT molecular complexity index is 873. The number of hydrogen-bond acceptors (Lipinski definition) is 4. The van der Waals surface area contributed by atoms with Crippen molar-refractivity contribution in [3.05, 3.63) is 34.1 Å². The lowest BCUT2D eigenvalue weighted by Crippen LogP contribution is -2.43. The largest absolute Gasteiger partial charge is 0.420 e. The Morgan fingerprint density at radius 3 is 2.57 bits per heavy atom. The highest BCUT2D eigenvalue weighted by atomic mass is 19.1. The van der Waals surface area contributed by atoms with Crippen molar-refractivity contribution < 1.29 is 18.4 Å². The molecule has 122 valence electrons. The Morgan fingerprint density at radius 2 is 1.96 bits per heavy atom. The quantitative estimate of drug-likeness (QED) is 0.815. The Morgan fingerprint density at radius 1 is 1.26 bits per heavy atom. The van der Waals surface area contributed by atoms with Crippen LogP contribution in [0.15, 0.2) is 21.3 Å². The lowest BCUT2D eigenvalue weighted by atomic mass is 9.86. The van der Waals surface area contributed by atoms with Crippen molar-refractivity contribution in [3.63, 3.8) is 0 Å². The molecule has 2 aromatic rings. The van der Waals surface area contributed by atoms with Crippen LogP contribution in [0.1, 0.15) is 45.2 Å². The number of benzene rings is 1. The van der Waals surface area contributed by atoms with E-state index in [1.165, 1.54) is 0 Å². The number of imide groups is 1. The second-order valence-electron chi connectivity index (χ2n) is 6.73. The van der Waals surface area contributed by atoms with Crippen LogP contribution in [0.2, 0.25) is 0 Å². The predicted molar refractivity (Wildman–Crippen MR) is 80.6 cm³/mol. The number of nitrogens with one attached hydrogen (secondary N) is 1. The summed E-state index contributed by atoms with van der Waals surface area (Å²) < 4.78 is 20.9. The molecule has 1 aliphatic heterocycles. The van der Waals surface area contributed by atoms with Gasteiger partial charge < -0.3 is 4.42 Å². The van der Waals surface area contributed by atoms with Gasteiger partial charge in [-0.15, -0.1) is 0 Å². The fourth-order valence-corrected chi connectivity index (χ4v) is 2.87. The number of rotatable bonds is 1. The lowest BCUT2D eigenvalue weighted by Gasteiger charge is -2.22. The van der Waals surface area contributed by atoms with E-state index >= 15 is 0 Å². The number of amides is 2. The van der Waals surface area contributed by atoms with Gasteiger partial charge in [-0.25, -0.2) is 9.18 Å². The minimum atomic E-state index is -0.874. The molecule has 1 aromatic heterocycles. The average molecular weight is 320 g/mol. The van der Waals surface area contributed by atoms with E-state index in [1.807, 2.05) is 20.8 Å². The molecule has 2 amide bonds. The minimum Gasteiger partial charge on any atom is -0.405 e. The van der Waals surface area contributed by atoms with Gasteiger partial charge in [-0.3, -0.25) is 19.5 Å². The van der Waals surface area contributed by atoms with Gasteiger partial charge in [-0.05, 0) is 23.5 Å². The van der Waals surface area contributed by atoms with Gasteiger partial charge in [0.2, 0.25) is 11.8 Å². The molecule has 1 saturated heterocycles. The molecule has 6 nitrogen and oxygen atoms in total. The zero-order valence-electron chi connectivity index (χ0n) is 13.1. The molecule has 1 unspecified atom stereocenters. The molecule has 3 rings (SSSR count). The molecule has 23 heavy (non-hydrogen) atoms. The molecule has 0 radical (unpaired) electrons. The topological polar surface area (TPSA) is 81.3 Å². The summed E-state index contributed by atoms with van der Waals surface area (Å²) in [7, 11) is 0. The third-order valence-corrected chi connectivity index (χ3v) is 4.05. The van der Waals surface area contributed by atoms with Gasteiger partial charge in [0.05, 0.1) is 5.52 Å². The number of aromatic nitrogens is 1. The molecule has 0 spiro atoms. The molecule has 2 heterocycles. The second kappa shape index (κ2) is 5.04. The van der Waals surface area contributed by atoms with Gasteiger partial charge in [-0.2, -0.15) is 0 Å². The molecule has 0 saturated carbocycles. The number of hydrogen-bond donors (Lipinski definition) is 1. The standard InChI is InChI=1S/C16H17FN2O4/c1-16(2,3)8-4-5-9-13(12(8)17)23-15(22)19(9)10-6-7-11(20)18-14(10)21/h4-5,10H,6-7H2,1-3H3,(H,18,20,21). The summed E-state index contributed by atoms with van der Waals surface area (Å²) in [6.07, 6.45) is 0.305. The molecule has 1 aliphatic rings. The van der Waals surface area contributed by atoms with E-state index in [0.29, 0.717) is 5.56 Å². The highest BCUT2D eigenvalue weighted by Crippen LogP contribution is 2.31. The van der Waals surface area contributed by atoms with Crippen LogP contribution in [0.4, 0.5) is 4.39 Å². The third kappa shape index (κ3) is 2.46. The van der Waals surface area contributed by atoms with Crippen LogP contribution in [0, 0.1) is 5.82 Å². The van der Waals surface area contributed by atoms with Crippen LogP contribution < -0.4 is 11.1 Å². The minimum absolute atomic E-state index is 0.123. The van der Waals surface area contributed by atoms with E-state index in [4.69, 9.17) is 4.42 Å². The highest BCUT2D eigenvalue weighted by Gasteiger charge is 2.32. The molecule has 1 fully saturated rings. The molecule has 0 bridgehead atoms. The smallest absolute Gasteiger partial charge is 0.405 e. The van der Waals surface area contributed by atoms with E-state index in [9.17, 15) is 18.8 Å². The molecule has 1 atom stereocenters. The number of carbonyl (C=O) groups is 2. The van der Waals surface area contributed by atoms with Gasteiger partial charge in [0.1, 0.15) is 6.04 Å². The first-order chi connectivity index (χ1) is 10.7. The summed E-state index contributed by atoms with van der Waals surface area (Å²) in [5.74, 6) is -2.36. The van der Waals surface area contributed by atoms with Crippen LogP contribution in [-0.2, 0) is 15.0 Å². The number of piperidine rings is 1. The van der Waals surface area contributed by atoms with Gasteiger partial charge in [0.15, 0.2) is 11.4 Å². The molecule has 1 aromatic carbocycles. The molecule has 0 aliphatic carbocycles. The SMILES string of the molecule is CC(C)(C)c1ccc2c(oc(=O)n2C2CCC(=O)NC2=O)c1F. The van der Waals surface area contributed by atoms with Crippen molar-refractivity contribution in [1.82, 2.24) is 9.88 Å². The van der Waals surface area contributed by atoms with Crippen molar-refractivity contribution in [2.24, 2.45) is 0 Å². The number of oxazole rings is 1. The first-order valence-corrected chi connectivity index (χ1v) is 7.38. The number of fused-ring (bicyclic) bond motifs is 1. The van der Waals surface area contributed by atoms with Crippen LogP contribution in [0.3, 0.4) is 0 Å². The maximum atomic E-state index is 14.7. The maximum absolute atomic E-state index is 14.7. The summed E-state index contributed by atoms with van der Waals surface area (Å²) >= 11 is 0. The Balaban J connectivity index is 2.19.